The van der Waals surface area contributed by atoms with E-state index < -0.39 is 0 Å². The van der Waals surface area contributed by atoms with Crippen LogP contribution in [0.3, 0.4) is 0 Å². The lowest BCUT2D eigenvalue weighted by Gasteiger charge is -2.26. The maximum absolute atomic E-state index is 11.4. The molecule has 4 heteroatoms. The monoisotopic (exact) mass is 296 g/mol. The summed E-state index contributed by atoms with van der Waals surface area (Å²) in [6, 6.07) is 0. The molecule has 15 heavy (non-hydrogen) atoms. The largest absolute Gasteiger partial charge is 0.465 e. The van der Waals surface area contributed by atoms with Gasteiger partial charge in [-0.1, -0.05) is 28.8 Å². The molecule has 0 spiro atoms. The van der Waals surface area contributed by atoms with Crippen molar-refractivity contribution < 1.29 is 9.53 Å². The zero-order chi connectivity index (χ0) is 11.3. The fourth-order valence-corrected chi connectivity index (χ4v) is 3.13. The highest BCUT2D eigenvalue weighted by atomic mass is 79.9. The number of rotatable bonds is 4. The van der Waals surface area contributed by atoms with Gasteiger partial charge >= 0.3 is 5.97 Å². The molecule has 0 saturated heterocycles. The molecule has 0 aromatic carbocycles. The van der Waals surface area contributed by atoms with E-state index in [9.17, 15) is 4.79 Å². The van der Waals surface area contributed by atoms with E-state index in [0.717, 1.165) is 19.3 Å². The number of carbonyl (C=O) groups is 1. The van der Waals surface area contributed by atoms with Crippen LogP contribution in [0.4, 0.5) is 0 Å². The van der Waals surface area contributed by atoms with Crippen LogP contribution < -0.4 is 0 Å². The fourth-order valence-electron chi connectivity index (χ4n) is 2.06. The van der Waals surface area contributed by atoms with Crippen molar-refractivity contribution in [1.29, 1.82) is 0 Å². The number of alkyl halides is 2. The molecule has 0 bridgehead atoms. The van der Waals surface area contributed by atoms with Crippen molar-refractivity contribution in [2.75, 3.05) is 6.61 Å². The van der Waals surface area contributed by atoms with Gasteiger partial charge in [0.2, 0.25) is 0 Å². The van der Waals surface area contributed by atoms with Crippen LogP contribution in [0.1, 0.15) is 39.0 Å². The van der Waals surface area contributed by atoms with E-state index in [1.165, 1.54) is 12.8 Å². The third kappa shape index (κ3) is 4.73. The molecule has 0 aromatic rings. The Morgan fingerprint density at radius 1 is 1.60 bits per heavy atom. The molecule has 0 radical (unpaired) electrons. The Morgan fingerprint density at radius 3 is 2.93 bits per heavy atom. The van der Waals surface area contributed by atoms with Crippen LogP contribution in [0.5, 0.6) is 0 Å². The van der Waals surface area contributed by atoms with Crippen molar-refractivity contribution in [2.45, 2.75) is 49.2 Å². The summed E-state index contributed by atoms with van der Waals surface area (Å²) in [6.45, 7) is 2.27. The van der Waals surface area contributed by atoms with Crippen molar-refractivity contribution in [3.63, 3.8) is 0 Å². The third-order valence-corrected chi connectivity index (χ3v) is 3.95. The van der Waals surface area contributed by atoms with Crippen molar-refractivity contribution >= 4 is 33.5 Å². The summed E-state index contributed by atoms with van der Waals surface area (Å²) in [6.07, 6.45) is 5.36. The Morgan fingerprint density at radius 2 is 2.33 bits per heavy atom. The van der Waals surface area contributed by atoms with Crippen LogP contribution >= 0.6 is 27.5 Å². The lowest BCUT2D eigenvalue weighted by atomic mass is 9.86. The Labute approximate surface area is 105 Å². The average molecular weight is 298 g/mol. The normalized spacial score (nSPS) is 28.5. The number of hydrogen-bond donors (Lipinski definition) is 0. The van der Waals surface area contributed by atoms with Crippen LogP contribution in [0.2, 0.25) is 0 Å². The second kappa shape index (κ2) is 6.74. The molecular formula is C11H18BrClO2. The van der Waals surface area contributed by atoms with Crippen molar-refractivity contribution in [3.8, 4) is 0 Å². The first-order valence-electron chi connectivity index (χ1n) is 5.58. The predicted molar refractivity (Wildman–Crippen MR) is 65.6 cm³/mol. The number of halogens is 2. The minimum atomic E-state index is -0.163. The Balaban J connectivity index is 2.30. The fraction of sp³-hybridized carbons (Fsp3) is 0.909. The summed E-state index contributed by atoms with van der Waals surface area (Å²) in [5, 5.41) is 0.297. The van der Waals surface area contributed by atoms with Gasteiger partial charge in [-0.15, -0.1) is 11.6 Å². The maximum Gasteiger partial charge on any atom is 0.319 e. The van der Waals surface area contributed by atoms with Gasteiger partial charge in [0.05, 0.1) is 6.61 Å². The number of carbonyl (C=O) groups excluding carboxylic acids is 1. The molecule has 0 N–H and O–H groups in total. The third-order valence-electron chi connectivity index (χ3n) is 2.80. The molecule has 0 heterocycles. The van der Waals surface area contributed by atoms with Crippen LogP contribution in [0.25, 0.3) is 0 Å². The van der Waals surface area contributed by atoms with Crippen molar-refractivity contribution in [2.24, 2.45) is 5.92 Å². The Kier molecular flexibility index (Phi) is 5.98. The first kappa shape index (κ1) is 13.3. The van der Waals surface area contributed by atoms with Gasteiger partial charge in [-0.2, -0.15) is 0 Å². The van der Waals surface area contributed by atoms with Crippen LogP contribution in [0, 0.1) is 5.92 Å². The first-order valence-corrected chi connectivity index (χ1v) is 6.93. The quantitative estimate of drug-likeness (QED) is 0.586. The predicted octanol–water partition coefficient (Wildman–Crippen LogP) is 3.50. The van der Waals surface area contributed by atoms with Crippen LogP contribution in [-0.4, -0.2) is 22.8 Å². The average Bonchev–Trinajstić information content (AvgIpc) is 2.18. The summed E-state index contributed by atoms with van der Waals surface area (Å²) in [5.74, 6) is 0.421. The lowest BCUT2D eigenvalue weighted by Crippen LogP contribution is -2.24. The molecule has 1 aliphatic carbocycles. The SMILES string of the molecule is CCOC(=O)C(Br)CC1CCCC(Cl)C1. The maximum atomic E-state index is 11.4. The summed E-state index contributed by atoms with van der Waals surface area (Å²) in [4.78, 5) is 11.2. The van der Waals surface area contributed by atoms with Gasteiger partial charge in [0.25, 0.3) is 0 Å². The lowest BCUT2D eigenvalue weighted by molar-refractivity contribution is -0.142. The molecule has 0 amide bonds. The molecule has 3 unspecified atom stereocenters. The minimum Gasteiger partial charge on any atom is -0.465 e. The van der Waals surface area contributed by atoms with E-state index in [-0.39, 0.29) is 10.8 Å². The summed E-state index contributed by atoms with van der Waals surface area (Å²) >= 11 is 9.49. The van der Waals surface area contributed by atoms with Crippen molar-refractivity contribution in [1.82, 2.24) is 0 Å². The summed E-state index contributed by atoms with van der Waals surface area (Å²) < 4.78 is 4.95. The topological polar surface area (TPSA) is 26.3 Å². The number of hydrogen-bond acceptors (Lipinski definition) is 2. The Hall–Kier alpha value is 0.240. The molecular weight excluding hydrogens is 279 g/mol. The molecule has 3 atom stereocenters. The molecule has 1 saturated carbocycles. The van der Waals surface area contributed by atoms with E-state index in [1.54, 1.807) is 0 Å². The summed E-state index contributed by atoms with van der Waals surface area (Å²) in [5.41, 5.74) is 0. The zero-order valence-electron chi connectivity index (χ0n) is 9.05. The Bertz CT molecular complexity index is 211. The van der Waals surface area contributed by atoms with Crippen LogP contribution in [0.15, 0.2) is 0 Å². The molecule has 88 valence electrons. The molecule has 2 nitrogen and oxygen atoms in total. The highest BCUT2D eigenvalue weighted by Crippen LogP contribution is 2.32. The van der Waals surface area contributed by atoms with Crippen molar-refractivity contribution in [3.05, 3.63) is 0 Å². The smallest absolute Gasteiger partial charge is 0.319 e. The minimum absolute atomic E-state index is 0.144. The van der Waals surface area contributed by atoms with Gasteiger partial charge < -0.3 is 4.74 Å². The highest BCUT2D eigenvalue weighted by Gasteiger charge is 2.25. The van der Waals surface area contributed by atoms with Crippen LogP contribution in [-0.2, 0) is 9.53 Å². The van der Waals surface area contributed by atoms with Gasteiger partial charge in [-0.25, -0.2) is 0 Å². The number of esters is 1. The second-order valence-electron chi connectivity index (χ2n) is 4.09. The van der Waals surface area contributed by atoms with Gasteiger partial charge in [-0.05, 0) is 32.1 Å². The van der Waals surface area contributed by atoms with E-state index in [0.29, 0.717) is 17.9 Å². The zero-order valence-corrected chi connectivity index (χ0v) is 11.4. The number of ether oxygens (including phenoxy) is 1. The standard InChI is InChI=1S/C11H18BrClO2/c1-2-15-11(14)10(12)7-8-4-3-5-9(13)6-8/h8-10H,2-7H2,1H3. The van der Waals surface area contributed by atoms with Gasteiger partial charge in [-0.3, -0.25) is 4.79 Å². The van der Waals surface area contributed by atoms with Gasteiger partial charge in [0, 0.05) is 5.38 Å². The molecule has 1 aliphatic rings. The molecule has 1 fully saturated rings. The molecule has 0 aliphatic heterocycles. The highest BCUT2D eigenvalue weighted by molar-refractivity contribution is 9.10. The summed E-state index contributed by atoms with van der Waals surface area (Å²) in [7, 11) is 0. The van der Waals surface area contributed by atoms with E-state index in [4.69, 9.17) is 16.3 Å². The molecule has 0 aromatic heterocycles. The van der Waals surface area contributed by atoms with E-state index in [1.807, 2.05) is 6.92 Å². The van der Waals surface area contributed by atoms with E-state index in [2.05, 4.69) is 15.9 Å². The van der Waals surface area contributed by atoms with Gasteiger partial charge in [0.15, 0.2) is 0 Å². The van der Waals surface area contributed by atoms with Gasteiger partial charge in [0.1, 0.15) is 4.83 Å². The second-order valence-corrected chi connectivity index (χ2v) is 5.81. The first-order chi connectivity index (χ1) is 7.13. The van der Waals surface area contributed by atoms with E-state index >= 15 is 0 Å². The molecule has 1 rings (SSSR count).